The number of piperidine rings is 1. The number of hydrogen-bond acceptors (Lipinski definition) is 3. The van der Waals surface area contributed by atoms with E-state index in [0.29, 0.717) is 12.1 Å². The molecule has 1 aromatic carbocycles. The van der Waals surface area contributed by atoms with Gasteiger partial charge in [0.1, 0.15) is 0 Å². The fourth-order valence-corrected chi connectivity index (χ4v) is 7.61. The minimum Gasteiger partial charge on any atom is -0.349 e. The summed E-state index contributed by atoms with van der Waals surface area (Å²) >= 11 is 0. The quantitative estimate of drug-likeness (QED) is 0.455. The summed E-state index contributed by atoms with van der Waals surface area (Å²) in [6, 6.07) is 11.0. The predicted octanol–water partition coefficient (Wildman–Crippen LogP) is 5.62. The molecule has 1 aliphatic carbocycles. The lowest BCUT2D eigenvalue weighted by Gasteiger charge is -2.48. The molecule has 3 aliphatic heterocycles. The second-order valence-corrected chi connectivity index (χ2v) is 11.7. The summed E-state index contributed by atoms with van der Waals surface area (Å²) in [7, 11) is 0. The Hall–Kier alpha value is -1.93. The van der Waals surface area contributed by atoms with Gasteiger partial charge in [-0.25, -0.2) is 13.6 Å². The first-order valence-corrected chi connectivity index (χ1v) is 14.3. The number of rotatable bonds is 8. The first kappa shape index (κ1) is 29.1. The van der Waals surface area contributed by atoms with Crippen molar-refractivity contribution in [3.05, 3.63) is 35.9 Å². The minimum atomic E-state index is -2.63. The van der Waals surface area contributed by atoms with Crippen LogP contribution in [0.5, 0.6) is 0 Å². The molecule has 2 bridgehead atoms. The van der Waals surface area contributed by atoms with E-state index in [0.717, 1.165) is 63.8 Å². The zero-order valence-corrected chi connectivity index (χ0v) is 23.5. The molecule has 3 heterocycles. The van der Waals surface area contributed by atoms with Gasteiger partial charge >= 0.3 is 6.03 Å². The second kappa shape index (κ2) is 11.7. The Kier molecular flexibility index (Phi) is 8.92. The molecule has 1 aromatic rings. The number of urea groups is 1. The molecule has 4 aliphatic rings. The van der Waals surface area contributed by atoms with Crippen molar-refractivity contribution < 1.29 is 18.4 Å². The third kappa shape index (κ3) is 5.67. The predicted molar refractivity (Wildman–Crippen MR) is 147 cm³/mol. The number of nitrogens with zero attached hydrogens (tertiary/aromatic N) is 3. The smallest absolute Gasteiger partial charge is 0.320 e. The number of hydrogen-bond donors (Lipinski definition) is 1. The highest BCUT2D eigenvalue weighted by molar-refractivity contribution is 5.85. The second-order valence-electron chi connectivity index (χ2n) is 11.7. The van der Waals surface area contributed by atoms with Gasteiger partial charge in [-0.2, -0.15) is 0 Å². The van der Waals surface area contributed by atoms with Crippen LogP contribution in [0.15, 0.2) is 30.3 Å². The van der Waals surface area contributed by atoms with Gasteiger partial charge in [0.2, 0.25) is 11.8 Å². The molecule has 3 atom stereocenters. The van der Waals surface area contributed by atoms with Crippen LogP contribution in [0.25, 0.3) is 0 Å². The number of carbonyl (C=O) groups excluding carboxylic acids is 2. The zero-order chi connectivity index (χ0) is 26.2. The number of alkyl halides is 2. The van der Waals surface area contributed by atoms with E-state index in [2.05, 4.69) is 29.0 Å². The number of benzene rings is 1. The highest BCUT2D eigenvalue weighted by Crippen LogP contribution is 2.47. The molecule has 3 amide bonds. The Morgan fingerprint density at radius 2 is 1.66 bits per heavy atom. The Bertz CT molecular complexity index is 957. The first-order chi connectivity index (χ1) is 17.7. The van der Waals surface area contributed by atoms with Crippen molar-refractivity contribution in [3.63, 3.8) is 0 Å². The number of fused-ring (bicyclic) bond motifs is 2. The Balaban J connectivity index is 0.00000336. The highest BCUT2D eigenvalue weighted by Gasteiger charge is 2.56. The van der Waals surface area contributed by atoms with E-state index in [-0.39, 0.29) is 67.5 Å². The van der Waals surface area contributed by atoms with E-state index in [9.17, 15) is 18.4 Å². The number of halogens is 3. The van der Waals surface area contributed by atoms with Crippen LogP contribution in [0.1, 0.15) is 83.2 Å². The molecule has 212 valence electrons. The summed E-state index contributed by atoms with van der Waals surface area (Å²) in [5.41, 5.74) is 1.01. The normalized spacial score (nSPS) is 29.9. The van der Waals surface area contributed by atoms with Crippen LogP contribution in [0.4, 0.5) is 13.6 Å². The molecule has 9 heteroatoms. The molecule has 0 radical (unpaired) electrons. The average Bonchev–Trinajstić information content (AvgIpc) is 3.29. The van der Waals surface area contributed by atoms with Gasteiger partial charge in [0.05, 0.1) is 11.6 Å². The molecule has 38 heavy (non-hydrogen) atoms. The number of amides is 3. The van der Waals surface area contributed by atoms with E-state index in [1.165, 1.54) is 0 Å². The van der Waals surface area contributed by atoms with Crippen molar-refractivity contribution in [1.29, 1.82) is 0 Å². The van der Waals surface area contributed by atoms with E-state index in [1.807, 2.05) is 35.2 Å². The van der Waals surface area contributed by atoms with Crippen LogP contribution in [-0.2, 0) is 4.79 Å². The fourth-order valence-electron chi connectivity index (χ4n) is 7.61. The highest BCUT2D eigenvalue weighted by atomic mass is 35.5. The maximum absolute atomic E-state index is 13.6. The molecule has 0 aromatic heterocycles. The zero-order valence-electron chi connectivity index (χ0n) is 22.7. The third-order valence-corrected chi connectivity index (χ3v) is 9.54. The minimum absolute atomic E-state index is 0. The lowest BCUT2D eigenvalue weighted by Crippen LogP contribution is -2.58. The van der Waals surface area contributed by atoms with Crippen molar-refractivity contribution in [2.75, 3.05) is 26.2 Å². The maximum Gasteiger partial charge on any atom is 0.320 e. The van der Waals surface area contributed by atoms with Crippen LogP contribution in [-0.4, -0.2) is 76.4 Å². The van der Waals surface area contributed by atoms with Gasteiger partial charge in [0.25, 0.3) is 0 Å². The fraction of sp³-hybridized carbons (Fsp3) is 0.724. The summed E-state index contributed by atoms with van der Waals surface area (Å²) in [6.45, 7) is 7.38. The molecule has 5 rings (SSSR count). The summed E-state index contributed by atoms with van der Waals surface area (Å²) in [6.07, 6.45) is 5.22. The summed E-state index contributed by atoms with van der Waals surface area (Å²) in [4.78, 5) is 32.8. The molecule has 1 saturated carbocycles. The SMILES string of the molecule is CCN1CC2(CC3CCC(C2)N3CC[C@H](NC(=O)C2CCC(F)(F)CC2)c2ccccc2)N(CC)C1=O.Cl. The largest absolute Gasteiger partial charge is 0.349 e. The van der Waals surface area contributed by atoms with Crippen LogP contribution in [0, 0.1) is 5.92 Å². The summed E-state index contributed by atoms with van der Waals surface area (Å²) in [5, 5.41) is 3.23. The standard InChI is InChI=1S/C29H42F2N4O2.ClH/c1-3-33-20-28(35(4-2)27(33)37)18-23-10-11-24(19-28)34(23)17-14-25(21-8-6-5-7-9-21)32-26(36)22-12-15-29(30,31)16-13-22;/h5-9,22-25H,3-4,10-20H2,1-2H3,(H,32,36);1H/t23?,24?,25-,28?;/m0./s1. The third-order valence-electron chi connectivity index (χ3n) is 9.54. The average molecular weight is 553 g/mol. The van der Waals surface area contributed by atoms with Gasteiger partial charge in [0.15, 0.2) is 0 Å². The van der Waals surface area contributed by atoms with Crippen molar-refractivity contribution in [1.82, 2.24) is 20.0 Å². The van der Waals surface area contributed by atoms with E-state index >= 15 is 0 Å². The van der Waals surface area contributed by atoms with Crippen LogP contribution >= 0.6 is 12.4 Å². The van der Waals surface area contributed by atoms with Gasteiger partial charge in [-0.05, 0) is 64.4 Å². The van der Waals surface area contributed by atoms with E-state index in [1.54, 1.807) is 0 Å². The monoisotopic (exact) mass is 552 g/mol. The summed E-state index contributed by atoms with van der Waals surface area (Å²) < 4.78 is 27.3. The first-order valence-electron chi connectivity index (χ1n) is 14.3. The van der Waals surface area contributed by atoms with Gasteiger partial charge in [0, 0.05) is 57.0 Å². The van der Waals surface area contributed by atoms with Gasteiger partial charge in [-0.1, -0.05) is 30.3 Å². The molecular weight excluding hydrogens is 510 g/mol. The van der Waals surface area contributed by atoms with Gasteiger partial charge in [-0.15, -0.1) is 12.4 Å². The number of likely N-dealkylation sites (N-methyl/N-ethyl adjacent to an activating group) is 2. The van der Waals surface area contributed by atoms with Crippen molar-refractivity contribution in [2.45, 2.75) is 101 Å². The molecule has 6 nitrogen and oxygen atoms in total. The van der Waals surface area contributed by atoms with Crippen LogP contribution < -0.4 is 5.32 Å². The van der Waals surface area contributed by atoms with Crippen LogP contribution in [0.3, 0.4) is 0 Å². The van der Waals surface area contributed by atoms with Crippen molar-refractivity contribution >= 4 is 24.3 Å². The van der Waals surface area contributed by atoms with Gasteiger partial charge < -0.3 is 15.1 Å². The Morgan fingerprint density at radius 3 is 2.24 bits per heavy atom. The Labute approximate surface area is 231 Å². The number of carbonyl (C=O) groups is 2. The molecule has 4 fully saturated rings. The van der Waals surface area contributed by atoms with Crippen LogP contribution in [0.2, 0.25) is 0 Å². The molecule has 3 saturated heterocycles. The molecule has 1 spiro atoms. The molecule has 1 N–H and O–H groups in total. The van der Waals surface area contributed by atoms with Crippen molar-refractivity contribution in [3.8, 4) is 0 Å². The topological polar surface area (TPSA) is 55.9 Å². The van der Waals surface area contributed by atoms with E-state index in [4.69, 9.17) is 0 Å². The molecule has 2 unspecified atom stereocenters. The molecular formula is C29H43ClF2N4O2. The summed E-state index contributed by atoms with van der Waals surface area (Å²) in [5.74, 6) is -3.06. The number of nitrogens with one attached hydrogen (secondary N) is 1. The van der Waals surface area contributed by atoms with Crippen molar-refractivity contribution in [2.24, 2.45) is 5.92 Å². The van der Waals surface area contributed by atoms with Gasteiger partial charge in [-0.3, -0.25) is 9.69 Å². The maximum atomic E-state index is 13.6. The lowest BCUT2D eigenvalue weighted by atomic mass is 9.81. The van der Waals surface area contributed by atoms with E-state index < -0.39 is 5.92 Å². The lowest BCUT2D eigenvalue weighted by molar-refractivity contribution is -0.130. The Morgan fingerprint density at radius 1 is 1.03 bits per heavy atom.